The van der Waals surface area contributed by atoms with Crippen LogP contribution in [0.3, 0.4) is 0 Å². The normalized spacial score (nSPS) is 19.1. The molecule has 0 aromatic heterocycles. The lowest BCUT2D eigenvalue weighted by Crippen LogP contribution is -2.40. The number of hydrogen-bond donors (Lipinski definition) is 1. The molecule has 2 N–H and O–H groups in total. The minimum atomic E-state index is 0.0705. The van der Waals surface area contributed by atoms with Crippen LogP contribution in [0.2, 0.25) is 0 Å². The maximum absolute atomic E-state index is 12.2. The highest BCUT2D eigenvalue weighted by molar-refractivity contribution is 5.86. The quantitative estimate of drug-likeness (QED) is 0.852. The average Bonchev–Trinajstić information content (AvgIpc) is 2.30. The van der Waals surface area contributed by atoms with Crippen LogP contribution in [0.5, 0.6) is 0 Å². The van der Waals surface area contributed by atoms with E-state index in [-0.39, 0.29) is 11.8 Å². The van der Waals surface area contributed by atoms with Gasteiger partial charge in [-0.05, 0) is 30.0 Å². The summed E-state index contributed by atoms with van der Waals surface area (Å²) in [6.45, 7) is 3.44. The van der Waals surface area contributed by atoms with Gasteiger partial charge in [0, 0.05) is 13.6 Å². The van der Waals surface area contributed by atoms with E-state index in [1.165, 1.54) is 11.1 Å². The van der Waals surface area contributed by atoms with Gasteiger partial charge in [0.15, 0.2) is 0 Å². The second-order valence-corrected chi connectivity index (χ2v) is 5.02. The van der Waals surface area contributed by atoms with Crippen molar-refractivity contribution in [3.8, 4) is 0 Å². The summed E-state index contributed by atoms with van der Waals surface area (Å²) in [5.41, 5.74) is 8.09. The lowest BCUT2D eigenvalue weighted by molar-refractivity contribution is -0.132. The lowest BCUT2D eigenvalue weighted by atomic mass is 9.77. The van der Waals surface area contributed by atoms with Crippen molar-refractivity contribution in [3.05, 3.63) is 35.4 Å². The Bertz CT molecular complexity index is 416. The smallest absolute Gasteiger partial charge is 0.230 e. The minimum Gasteiger partial charge on any atom is -0.345 e. The van der Waals surface area contributed by atoms with Crippen LogP contribution in [0.4, 0.5) is 0 Å². The van der Waals surface area contributed by atoms with Gasteiger partial charge in [-0.1, -0.05) is 31.2 Å². The van der Waals surface area contributed by atoms with E-state index >= 15 is 0 Å². The highest BCUT2D eigenvalue weighted by Gasteiger charge is 2.33. The van der Waals surface area contributed by atoms with Crippen LogP contribution < -0.4 is 5.73 Å². The molecule has 1 aliphatic rings. The van der Waals surface area contributed by atoms with Gasteiger partial charge < -0.3 is 10.6 Å². The van der Waals surface area contributed by atoms with E-state index in [0.29, 0.717) is 12.5 Å². The third-order valence-corrected chi connectivity index (χ3v) is 3.52. The van der Waals surface area contributed by atoms with Crippen LogP contribution in [-0.2, 0) is 11.2 Å². The van der Waals surface area contributed by atoms with Crippen molar-refractivity contribution in [3.63, 3.8) is 0 Å². The van der Waals surface area contributed by atoms with Crippen molar-refractivity contribution >= 4 is 5.91 Å². The molecule has 1 aliphatic carbocycles. The van der Waals surface area contributed by atoms with E-state index in [9.17, 15) is 4.79 Å². The van der Waals surface area contributed by atoms with Crippen molar-refractivity contribution in [2.75, 3.05) is 20.1 Å². The number of carbonyl (C=O) groups excluding carboxylic acids is 1. The van der Waals surface area contributed by atoms with E-state index in [0.717, 1.165) is 13.0 Å². The number of hydrogen-bond acceptors (Lipinski definition) is 2. The highest BCUT2D eigenvalue weighted by Crippen LogP contribution is 2.35. The monoisotopic (exact) mass is 232 g/mol. The number of rotatable bonds is 4. The first-order chi connectivity index (χ1) is 8.13. The summed E-state index contributed by atoms with van der Waals surface area (Å²) in [6.07, 6.45) is 0.885. The number of amides is 1. The zero-order chi connectivity index (χ0) is 12.4. The van der Waals surface area contributed by atoms with E-state index in [4.69, 9.17) is 5.73 Å². The summed E-state index contributed by atoms with van der Waals surface area (Å²) >= 11 is 0. The summed E-state index contributed by atoms with van der Waals surface area (Å²) < 4.78 is 0. The van der Waals surface area contributed by atoms with Gasteiger partial charge >= 0.3 is 0 Å². The topological polar surface area (TPSA) is 46.3 Å². The fraction of sp³-hybridized carbons (Fsp3) is 0.500. The molecule has 3 heteroatoms. The number of nitrogens with two attached hydrogens (primary N) is 1. The maximum atomic E-state index is 12.2. The Hall–Kier alpha value is -1.35. The Morgan fingerprint density at radius 3 is 2.88 bits per heavy atom. The molecular weight excluding hydrogens is 212 g/mol. The Morgan fingerprint density at radius 1 is 1.53 bits per heavy atom. The Labute approximate surface area is 103 Å². The average molecular weight is 232 g/mol. The summed E-state index contributed by atoms with van der Waals surface area (Å²) in [5.74, 6) is 0.657. The van der Waals surface area contributed by atoms with Crippen molar-refractivity contribution < 1.29 is 4.79 Å². The van der Waals surface area contributed by atoms with Gasteiger partial charge in [0.2, 0.25) is 5.91 Å². The summed E-state index contributed by atoms with van der Waals surface area (Å²) in [5, 5.41) is 0. The molecule has 2 atom stereocenters. The SMILES string of the molecule is CC(CN)CN(C)C(=O)C1Cc2ccccc21. The first-order valence-corrected chi connectivity index (χ1v) is 6.16. The Balaban J connectivity index is 1.99. The molecule has 3 nitrogen and oxygen atoms in total. The molecule has 0 saturated heterocycles. The fourth-order valence-corrected chi connectivity index (χ4v) is 2.38. The first-order valence-electron chi connectivity index (χ1n) is 6.16. The molecule has 0 radical (unpaired) electrons. The molecule has 2 rings (SSSR count). The Kier molecular flexibility index (Phi) is 3.48. The maximum Gasteiger partial charge on any atom is 0.230 e. The molecule has 0 spiro atoms. The van der Waals surface area contributed by atoms with E-state index in [1.807, 2.05) is 24.1 Å². The van der Waals surface area contributed by atoms with Gasteiger partial charge in [-0.15, -0.1) is 0 Å². The number of fused-ring (bicyclic) bond motifs is 1. The second kappa shape index (κ2) is 4.88. The standard InChI is InChI=1S/C14H20N2O/c1-10(8-15)9-16(2)14(17)13-7-11-5-3-4-6-12(11)13/h3-6,10,13H,7-9,15H2,1-2H3. The number of likely N-dealkylation sites (N-methyl/N-ethyl adjacent to an activating group) is 1. The fourth-order valence-electron chi connectivity index (χ4n) is 2.38. The molecule has 0 heterocycles. The molecule has 0 saturated carbocycles. The third kappa shape index (κ3) is 2.34. The summed E-state index contributed by atoms with van der Waals surface area (Å²) in [7, 11) is 1.87. The van der Waals surface area contributed by atoms with Crippen LogP contribution in [0.25, 0.3) is 0 Å². The van der Waals surface area contributed by atoms with Crippen molar-refractivity contribution in [1.29, 1.82) is 0 Å². The van der Waals surface area contributed by atoms with E-state index in [1.54, 1.807) is 0 Å². The predicted octanol–water partition coefficient (Wildman–Crippen LogP) is 1.38. The van der Waals surface area contributed by atoms with Gasteiger partial charge in [0.05, 0.1) is 5.92 Å². The van der Waals surface area contributed by atoms with Crippen LogP contribution in [-0.4, -0.2) is 30.9 Å². The number of nitrogens with zero attached hydrogens (tertiary/aromatic N) is 1. The molecule has 0 bridgehead atoms. The van der Waals surface area contributed by atoms with Crippen LogP contribution >= 0.6 is 0 Å². The summed E-state index contributed by atoms with van der Waals surface area (Å²) in [4.78, 5) is 14.0. The van der Waals surface area contributed by atoms with Gasteiger partial charge in [0.1, 0.15) is 0 Å². The first kappa shape index (κ1) is 12.1. The molecule has 2 unspecified atom stereocenters. The molecule has 1 amide bonds. The zero-order valence-electron chi connectivity index (χ0n) is 10.5. The highest BCUT2D eigenvalue weighted by atomic mass is 16.2. The van der Waals surface area contributed by atoms with Crippen molar-refractivity contribution in [2.45, 2.75) is 19.3 Å². The zero-order valence-corrected chi connectivity index (χ0v) is 10.5. The van der Waals surface area contributed by atoms with Crippen molar-refractivity contribution in [1.82, 2.24) is 4.90 Å². The molecule has 17 heavy (non-hydrogen) atoms. The molecule has 0 aliphatic heterocycles. The molecule has 0 fully saturated rings. The van der Waals surface area contributed by atoms with E-state index in [2.05, 4.69) is 19.1 Å². The Morgan fingerprint density at radius 2 is 2.24 bits per heavy atom. The predicted molar refractivity (Wildman–Crippen MR) is 68.7 cm³/mol. The van der Waals surface area contributed by atoms with Crippen LogP contribution in [0.15, 0.2) is 24.3 Å². The van der Waals surface area contributed by atoms with Crippen LogP contribution in [0.1, 0.15) is 24.0 Å². The van der Waals surface area contributed by atoms with Crippen LogP contribution in [0, 0.1) is 5.92 Å². The summed E-state index contributed by atoms with van der Waals surface area (Å²) in [6, 6.07) is 8.18. The van der Waals surface area contributed by atoms with Gasteiger partial charge in [-0.3, -0.25) is 4.79 Å². The van der Waals surface area contributed by atoms with Gasteiger partial charge in [-0.2, -0.15) is 0 Å². The van der Waals surface area contributed by atoms with Gasteiger partial charge in [0.25, 0.3) is 0 Å². The third-order valence-electron chi connectivity index (χ3n) is 3.52. The minimum absolute atomic E-state index is 0.0705. The number of carbonyl (C=O) groups is 1. The largest absolute Gasteiger partial charge is 0.345 e. The lowest BCUT2D eigenvalue weighted by Gasteiger charge is -2.33. The molecular formula is C14H20N2O. The van der Waals surface area contributed by atoms with Gasteiger partial charge in [-0.25, -0.2) is 0 Å². The molecule has 1 aromatic rings. The van der Waals surface area contributed by atoms with E-state index < -0.39 is 0 Å². The number of benzene rings is 1. The second-order valence-electron chi connectivity index (χ2n) is 5.02. The molecule has 92 valence electrons. The van der Waals surface area contributed by atoms with Crippen molar-refractivity contribution in [2.24, 2.45) is 11.7 Å². The molecule has 1 aromatic carbocycles.